The van der Waals surface area contributed by atoms with E-state index in [-0.39, 0.29) is 5.84 Å². The number of nitrogens with two attached hydrogens (primary N) is 1. The highest BCUT2D eigenvalue weighted by atomic mass is 16.5. The van der Waals surface area contributed by atoms with E-state index in [1.54, 1.807) is 6.07 Å². The summed E-state index contributed by atoms with van der Waals surface area (Å²) in [6.07, 6.45) is 9.31. The Hall–Kier alpha value is -3.45. The third kappa shape index (κ3) is 5.60. The number of allylic oxidation sites excluding steroid dienone is 2. The molecule has 0 aromatic heterocycles. The molecular formula is C21H21N3O. The molecule has 0 atom stereocenters. The van der Waals surface area contributed by atoms with Crippen molar-refractivity contribution in [2.75, 3.05) is 11.9 Å². The standard InChI is InChI=1S/C21H21N3O/c1-3-16(13-19(4-2)25-20-11-6-5-7-12-20)15-24-18-10-8-9-17(14-18)21(22)23/h1,4-14,24H,15H2,2H3,(H3,22,23)/b16-13+,19-4+. The lowest BCUT2D eigenvalue weighted by Crippen LogP contribution is -2.12. The molecule has 2 rings (SSSR count). The number of terminal acetylenes is 1. The van der Waals surface area contributed by atoms with Crippen molar-refractivity contribution in [3.63, 3.8) is 0 Å². The second-order valence-electron chi connectivity index (χ2n) is 5.27. The van der Waals surface area contributed by atoms with Crippen LogP contribution in [0, 0.1) is 17.8 Å². The number of amidine groups is 1. The monoisotopic (exact) mass is 331 g/mol. The van der Waals surface area contributed by atoms with Crippen molar-refractivity contribution in [1.82, 2.24) is 0 Å². The maximum atomic E-state index is 7.49. The molecule has 0 aliphatic rings. The van der Waals surface area contributed by atoms with Crippen molar-refractivity contribution in [2.24, 2.45) is 5.73 Å². The van der Waals surface area contributed by atoms with Crippen LogP contribution in [0.25, 0.3) is 0 Å². The largest absolute Gasteiger partial charge is 0.458 e. The summed E-state index contributed by atoms with van der Waals surface area (Å²) in [6, 6.07) is 16.9. The Balaban J connectivity index is 2.05. The van der Waals surface area contributed by atoms with Crippen LogP contribution in [0.4, 0.5) is 5.69 Å². The minimum absolute atomic E-state index is 0.0313. The lowest BCUT2D eigenvalue weighted by molar-refractivity contribution is 0.443. The van der Waals surface area contributed by atoms with Gasteiger partial charge in [0.2, 0.25) is 0 Å². The van der Waals surface area contributed by atoms with Crippen molar-refractivity contribution in [3.05, 3.63) is 83.6 Å². The van der Waals surface area contributed by atoms with Gasteiger partial charge in [0, 0.05) is 23.4 Å². The fraction of sp³-hybridized carbons (Fsp3) is 0.0952. The van der Waals surface area contributed by atoms with Gasteiger partial charge < -0.3 is 15.8 Å². The van der Waals surface area contributed by atoms with Crippen LogP contribution in [0.3, 0.4) is 0 Å². The van der Waals surface area contributed by atoms with E-state index in [1.165, 1.54) is 0 Å². The van der Waals surface area contributed by atoms with E-state index in [0.717, 1.165) is 17.0 Å². The number of hydrogen-bond donors (Lipinski definition) is 3. The summed E-state index contributed by atoms with van der Waals surface area (Å²) < 4.78 is 5.82. The van der Waals surface area contributed by atoms with Gasteiger partial charge >= 0.3 is 0 Å². The molecule has 0 radical (unpaired) electrons. The average Bonchev–Trinajstić information content (AvgIpc) is 2.65. The van der Waals surface area contributed by atoms with Crippen molar-refractivity contribution in [1.29, 1.82) is 5.41 Å². The molecule has 126 valence electrons. The van der Waals surface area contributed by atoms with E-state index < -0.39 is 0 Å². The Kier molecular flexibility index (Phi) is 6.44. The van der Waals surface area contributed by atoms with Crippen LogP contribution in [0.2, 0.25) is 0 Å². The van der Waals surface area contributed by atoms with Crippen LogP contribution in [-0.2, 0) is 0 Å². The maximum absolute atomic E-state index is 7.49. The molecule has 0 unspecified atom stereocenters. The lowest BCUT2D eigenvalue weighted by Gasteiger charge is -2.10. The quantitative estimate of drug-likeness (QED) is 0.237. The highest BCUT2D eigenvalue weighted by Crippen LogP contribution is 2.15. The first kappa shape index (κ1) is 17.9. The minimum Gasteiger partial charge on any atom is -0.458 e. The first-order valence-corrected chi connectivity index (χ1v) is 7.87. The highest BCUT2D eigenvalue weighted by molar-refractivity contribution is 5.95. The van der Waals surface area contributed by atoms with E-state index in [0.29, 0.717) is 17.9 Å². The molecule has 4 nitrogen and oxygen atoms in total. The third-order valence-corrected chi connectivity index (χ3v) is 3.42. The molecule has 0 saturated heterocycles. The van der Waals surface area contributed by atoms with Gasteiger partial charge in [-0.3, -0.25) is 5.41 Å². The van der Waals surface area contributed by atoms with Gasteiger partial charge in [0.15, 0.2) is 0 Å². The number of anilines is 1. The summed E-state index contributed by atoms with van der Waals surface area (Å²) in [5.74, 6) is 4.14. The van der Waals surface area contributed by atoms with E-state index in [1.807, 2.05) is 67.6 Å². The summed E-state index contributed by atoms with van der Waals surface area (Å²) in [5, 5.41) is 10.7. The molecule has 4 N–H and O–H groups in total. The van der Waals surface area contributed by atoms with Gasteiger partial charge in [0.25, 0.3) is 0 Å². The summed E-state index contributed by atoms with van der Waals surface area (Å²) in [5.41, 5.74) is 7.77. The van der Waals surface area contributed by atoms with E-state index in [4.69, 9.17) is 22.3 Å². The zero-order chi connectivity index (χ0) is 18.1. The van der Waals surface area contributed by atoms with Crippen LogP contribution in [-0.4, -0.2) is 12.4 Å². The fourth-order valence-electron chi connectivity index (χ4n) is 2.11. The summed E-state index contributed by atoms with van der Waals surface area (Å²) in [6.45, 7) is 2.36. The van der Waals surface area contributed by atoms with Crippen molar-refractivity contribution in [2.45, 2.75) is 6.92 Å². The zero-order valence-corrected chi connectivity index (χ0v) is 14.1. The van der Waals surface area contributed by atoms with Crippen LogP contribution >= 0.6 is 0 Å². The van der Waals surface area contributed by atoms with Crippen LogP contribution in [0.15, 0.2) is 78.1 Å². The molecule has 2 aromatic carbocycles. The van der Waals surface area contributed by atoms with E-state index in [2.05, 4.69) is 11.2 Å². The molecule has 0 bridgehead atoms. The normalized spacial score (nSPS) is 11.5. The van der Waals surface area contributed by atoms with Gasteiger partial charge in [-0.05, 0) is 43.3 Å². The smallest absolute Gasteiger partial charge is 0.127 e. The molecule has 25 heavy (non-hydrogen) atoms. The number of nitrogens with one attached hydrogen (secondary N) is 2. The highest BCUT2D eigenvalue weighted by Gasteiger charge is 2.02. The summed E-state index contributed by atoms with van der Waals surface area (Å²) in [4.78, 5) is 0. The van der Waals surface area contributed by atoms with Crippen molar-refractivity contribution < 1.29 is 4.74 Å². The molecule has 0 fully saturated rings. The SMILES string of the molecule is C#C/C(=C\C(=C/C)Oc1ccccc1)CNc1cccc(C(=N)N)c1. The predicted molar refractivity (Wildman–Crippen MR) is 104 cm³/mol. The molecule has 0 spiro atoms. The topological polar surface area (TPSA) is 71.1 Å². The maximum Gasteiger partial charge on any atom is 0.127 e. The predicted octanol–water partition coefficient (Wildman–Crippen LogP) is 3.92. The molecule has 0 amide bonds. The summed E-state index contributed by atoms with van der Waals surface area (Å²) >= 11 is 0. The minimum atomic E-state index is 0.0313. The Labute approximate surface area is 148 Å². The second kappa shape index (κ2) is 8.99. The Bertz CT molecular complexity index is 830. The zero-order valence-electron chi connectivity index (χ0n) is 14.1. The number of nitrogen functional groups attached to an aromatic ring is 1. The second-order valence-corrected chi connectivity index (χ2v) is 5.27. The van der Waals surface area contributed by atoms with Crippen LogP contribution in [0.5, 0.6) is 5.75 Å². The first-order chi connectivity index (χ1) is 12.1. The van der Waals surface area contributed by atoms with Gasteiger partial charge in [0.1, 0.15) is 17.3 Å². The number of rotatable bonds is 7. The van der Waals surface area contributed by atoms with Gasteiger partial charge in [-0.1, -0.05) is 36.3 Å². The number of benzene rings is 2. The van der Waals surface area contributed by atoms with Crippen LogP contribution in [0.1, 0.15) is 12.5 Å². The number of para-hydroxylation sites is 1. The molecule has 0 aliphatic heterocycles. The number of hydrogen-bond acceptors (Lipinski definition) is 3. The van der Waals surface area contributed by atoms with Gasteiger partial charge in [-0.25, -0.2) is 0 Å². The third-order valence-electron chi connectivity index (χ3n) is 3.42. The molecular weight excluding hydrogens is 310 g/mol. The Morgan fingerprint density at radius 3 is 2.64 bits per heavy atom. The Morgan fingerprint density at radius 1 is 1.24 bits per heavy atom. The molecule has 0 heterocycles. The van der Waals surface area contributed by atoms with E-state index >= 15 is 0 Å². The molecule has 4 heteroatoms. The van der Waals surface area contributed by atoms with Crippen molar-refractivity contribution in [3.8, 4) is 18.1 Å². The first-order valence-electron chi connectivity index (χ1n) is 7.87. The molecule has 0 aliphatic carbocycles. The fourth-order valence-corrected chi connectivity index (χ4v) is 2.11. The molecule has 2 aromatic rings. The molecule has 0 saturated carbocycles. The lowest BCUT2D eigenvalue weighted by atomic mass is 10.1. The number of ether oxygens (including phenoxy) is 1. The van der Waals surface area contributed by atoms with E-state index in [9.17, 15) is 0 Å². The Morgan fingerprint density at radius 2 is 2.00 bits per heavy atom. The van der Waals surface area contributed by atoms with Gasteiger partial charge in [-0.2, -0.15) is 0 Å². The van der Waals surface area contributed by atoms with Crippen LogP contribution < -0.4 is 15.8 Å². The summed E-state index contributed by atoms with van der Waals surface area (Å²) in [7, 11) is 0. The average molecular weight is 331 g/mol. The van der Waals surface area contributed by atoms with Gasteiger partial charge in [-0.15, -0.1) is 6.42 Å². The van der Waals surface area contributed by atoms with Gasteiger partial charge in [0.05, 0.1) is 0 Å². The van der Waals surface area contributed by atoms with Crippen molar-refractivity contribution >= 4 is 11.5 Å².